The maximum atomic E-state index is 9.25. The summed E-state index contributed by atoms with van der Waals surface area (Å²) in [6.45, 7) is 2.00. The highest BCUT2D eigenvalue weighted by Gasteiger charge is 2.27. The Bertz CT molecular complexity index is 361. The number of methoxy groups -OCH3 is 1. The van der Waals surface area contributed by atoms with Gasteiger partial charge >= 0.3 is 0 Å². The minimum atomic E-state index is -0.0507. The van der Waals surface area contributed by atoms with Gasteiger partial charge in [0.05, 0.1) is 13.2 Å². The smallest absolute Gasteiger partial charge is 0.119 e. The molecule has 1 fully saturated rings. The normalized spacial score (nSPS) is 23.5. The molecule has 2 rings (SSSR count). The van der Waals surface area contributed by atoms with Crippen molar-refractivity contribution in [2.24, 2.45) is 5.92 Å². The van der Waals surface area contributed by atoms with E-state index >= 15 is 0 Å². The van der Waals surface area contributed by atoms with E-state index in [1.807, 2.05) is 12.1 Å². The third kappa shape index (κ3) is 3.45. The fourth-order valence-corrected chi connectivity index (χ4v) is 2.44. The summed E-state index contributed by atoms with van der Waals surface area (Å²) in [5, 5.41) is 9.25. The lowest BCUT2D eigenvalue weighted by atomic mass is 9.82. The first-order valence-corrected chi connectivity index (χ1v) is 6.17. The summed E-state index contributed by atoms with van der Waals surface area (Å²) in [5.74, 6) is 1.58. The van der Waals surface area contributed by atoms with Crippen molar-refractivity contribution in [1.82, 2.24) is 4.90 Å². The number of hydrogen-bond donors (Lipinski definition) is 1. The molecule has 0 heterocycles. The van der Waals surface area contributed by atoms with E-state index in [4.69, 9.17) is 4.74 Å². The second-order valence-corrected chi connectivity index (χ2v) is 5.04. The summed E-state index contributed by atoms with van der Waals surface area (Å²) in [7, 11) is 3.82. The molecule has 0 aromatic heterocycles. The van der Waals surface area contributed by atoms with Gasteiger partial charge in [-0.2, -0.15) is 0 Å². The van der Waals surface area contributed by atoms with Crippen LogP contribution in [0.25, 0.3) is 0 Å². The van der Waals surface area contributed by atoms with Gasteiger partial charge in [0.15, 0.2) is 0 Å². The summed E-state index contributed by atoms with van der Waals surface area (Å²) in [6.07, 6.45) is 1.87. The zero-order valence-corrected chi connectivity index (χ0v) is 10.6. The summed E-state index contributed by atoms with van der Waals surface area (Å²) < 4.78 is 5.21. The third-order valence-electron chi connectivity index (χ3n) is 3.37. The van der Waals surface area contributed by atoms with E-state index in [-0.39, 0.29) is 6.10 Å². The number of nitrogens with zero attached hydrogens (tertiary/aromatic N) is 1. The lowest BCUT2D eigenvalue weighted by Gasteiger charge is -2.34. The van der Waals surface area contributed by atoms with Crippen LogP contribution in [-0.4, -0.2) is 36.8 Å². The van der Waals surface area contributed by atoms with E-state index < -0.39 is 0 Å². The van der Waals surface area contributed by atoms with Crippen LogP contribution in [0.2, 0.25) is 0 Å². The topological polar surface area (TPSA) is 32.7 Å². The van der Waals surface area contributed by atoms with E-state index in [1.54, 1.807) is 7.11 Å². The lowest BCUT2D eigenvalue weighted by Crippen LogP contribution is -2.36. The van der Waals surface area contributed by atoms with Gasteiger partial charge in [-0.3, -0.25) is 0 Å². The lowest BCUT2D eigenvalue weighted by molar-refractivity contribution is 0.0274. The first-order valence-electron chi connectivity index (χ1n) is 6.17. The van der Waals surface area contributed by atoms with Crippen LogP contribution in [0.3, 0.4) is 0 Å². The van der Waals surface area contributed by atoms with Crippen LogP contribution in [0.15, 0.2) is 24.3 Å². The molecule has 1 N–H and O–H groups in total. The molecule has 0 saturated heterocycles. The summed E-state index contributed by atoms with van der Waals surface area (Å²) in [5.41, 5.74) is 1.27. The molecule has 0 amide bonds. The minimum absolute atomic E-state index is 0.0507. The van der Waals surface area contributed by atoms with Crippen molar-refractivity contribution in [2.75, 3.05) is 20.7 Å². The molecule has 3 heteroatoms. The summed E-state index contributed by atoms with van der Waals surface area (Å²) >= 11 is 0. The number of benzene rings is 1. The molecule has 1 aromatic rings. The van der Waals surface area contributed by atoms with Crippen LogP contribution in [0, 0.1) is 5.92 Å². The predicted molar refractivity (Wildman–Crippen MR) is 68.1 cm³/mol. The van der Waals surface area contributed by atoms with Gasteiger partial charge in [-0.1, -0.05) is 12.1 Å². The molecule has 0 bridgehead atoms. The highest BCUT2D eigenvalue weighted by atomic mass is 16.5. The molecule has 94 valence electrons. The summed E-state index contributed by atoms with van der Waals surface area (Å²) in [6, 6.07) is 8.18. The maximum Gasteiger partial charge on any atom is 0.119 e. The standard InChI is InChI=1S/C14H21NO2/c1-15(10-12-6-13(16)7-12)9-11-4-3-5-14(8-11)17-2/h3-5,8,12-13,16H,6-7,9-10H2,1-2H3. The van der Waals surface area contributed by atoms with Crippen molar-refractivity contribution in [3.8, 4) is 5.75 Å². The van der Waals surface area contributed by atoms with E-state index in [2.05, 4.69) is 24.1 Å². The number of hydrogen-bond acceptors (Lipinski definition) is 3. The van der Waals surface area contributed by atoms with E-state index in [9.17, 15) is 5.11 Å². The van der Waals surface area contributed by atoms with Crippen molar-refractivity contribution in [3.05, 3.63) is 29.8 Å². The molecule has 1 aliphatic carbocycles. The van der Waals surface area contributed by atoms with E-state index in [0.29, 0.717) is 5.92 Å². The van der Waals surface area contributed by atoms with Gasteiger partial charge in [0.2, 0.25) is 0 Å². The van der Waals surface area contributed by atoms with Gasteiger partial charge in [0.1, 0.15) is 5.75 Å². The Morgan fingerprint density at radius 3 is 2.82 bits per heavy atom. The fourth-order valence-electron chi connectivity index (χ4n) is 2.44. The van der Waals surface area contributed by atoms with Gasteiger partial charge in [-0.15, -0.1) is 0 Å². The largest absolute Gasteiger partial charge is 0.497 e. The highest BCUT2D eigenvalue weighted by molar-refractivity contribution is 5.28. The van der Waals surface area contributed by atoms with Crippen LogP contribution < -0.4 is 4.74 Å². The number of aliphatic hydroxyl groups is 1. The zero-order chi connectivity index (χ0) is 12.3. The minimum Gasteiger partial charge on any atom is -0.497 e. The second kappa shape index (κ2) is 5.52. The first-order chi connectivity index (χ1) is 8.17. The van der Waals surface area contributed by atoms with Gasteiger partial charge in [-0.05, 0) is 43.5 Å². The fraction of sp³-hybridized carbons (Fsp3) is 0.571. The number of rotatable bonds is 5. The second-order valence-electron chi connectivity index (χ2n) is 5.04. The van der Waals surface area contributed by atoms with Crippen molar-refractivity contribution in [1.29, 1.82) is 0 Å². The average molecular weight is 235 g/mol. The SMILES string of the molecule is COc1cccc(CN(C)CC2CC(O)C2)c1. The van der Waals surface area contributed by atoms with Crippen molar-refractivity contribution < 1.29 is 9.84 Å². The Morgan fingerprint density at radius 2 is 2.18 bits per heavy atom. The molecule has 17 heavy (non-hydrogen) atoms. The molecular formula is C14H21NO2. The first kappa shape index (κ1) is 12.4. The molecule has 0 radical (unpaired) electrons. The van der Waals surface area contributed by atoms with Crippen LogP contribution in [0.5, 0.6) is 5.75 Å². The van der Waals surface area contributed by atoms with Gasteiger partial charge in [0.25, 0.3) is 0 Å². The van der Waals surface area contributed by atoms with Crippen molar-refractivity contribution in [2.45, 2.75) is 25.5 Å². The Labute approximate surface area is 103 Å². The van der Waals surface area contributed by atoms with Crippen LogP contribution >= 0.6 is 0 Å². The Hall–Kier alpha value is -1.06. The highest BCUT2D eigenvalue weighted by Crippen LogP contribution is 2.28. The molecule has 1 aromatic carbocycles. The van der Waals surface area contributed by atoms with Crippen molar-refractivity contribution in [3.63, 3.8) is 0 Å². The molecular weight excluding hydrogens is 214 g/mol. The van der Waals surface area contributed by atoms with Crippen LogP contribution in [0.4, 0.5) is 0 Å². The quantitative estimate of drug-likeness (QED) is 0.846. The molecule has 0 aliphatic heterocycles. The van der Waals surface area contributed by atoms with E-state index in [0.717, 1.165) is 31.7 Å². The molecule has 0 unspecified atom stereocenters. The number of aliphatic hydroxyl groups excluding tert-OH is 1. The zero-order valence-electron chi connectivity index (χ0n) is 10.6. The van der Waals surface area contributed by atoms with Crippen molar-refractivity contribution >= 4 is 0 Å². The van der Waals surface area contributed by atoms with Gasteiger partial charge < -0.3 is 14.7 Å². The average Bonchev–Trinajstić information content (AvgIpc) is 2.27. The molecule has 1 saturated carbocycles. The molecule has 0 atom stereocenters. The molecule has 3 nitrogen and oxygen atoms in total. The van der Waals surface area contributed by atoms with Crippen LogP contribution in [0.1, 0.15) is 18.4 Å². The molecule has 0 spiro atoms. The number of ether oxygens (including phenoxy) is 1. The Balaban J connectivity index is 1.82. The van der Waals surface area contributed by atoms with E-state index in [1.165, 1.54) is 5.56 Å². The Kier molecular flexibility index (Phi) is 4.02. The maximum absolute atomic E-state index is 9.25. The molecule has 1 aliphatic rings. The predicted octanol–water partition coefficient (Wildman–Crippen LogP) is 1.90. The van der Waals surface area contributed by atoms with Crippen LogP contribution in [-0.2, 0) is 6.54 Å². The summed E-state index contributed by atoms with van der Waals surface area (Å²) in [4.78, 5) is 2.31. The van der Waals surface area contributed by atoms with Gasteiger partial charge in [-0.25, -0.2) is 0 Å². The Morgan fingerprint density at radius 1 is 1.41 bits per heavy atom. The van der Waals surface area contributed by atoms with Gasteiger partial charge in [0, 0.05) is 13.1 Å². The monoisotopic (exact) mass is 235 g/mol. The third-order valence-corrected chi connectivity index (χ3v) is 3.37.